The minimum atomic E-state index is 0.221. The second-order valence-electron chi connectivity index (χ2n) is 3.11. The molecule has 1 heterocycles. The summed E-state index contributed by atoms with van der Waals surface area (Å²) in [6, 6.07) is 0. The van der Waals surface area contributed by atoms with Crippen molar-refractivity contribution >= 4 is 11.6 Å². The maximum Gasteiger partial charge on any atom is 0.217 e. The summed E-state index contributed by atoms with van der Waals surface area (Å²) in [4.78, 5) is 0. The van der Waals surface area contributed by atoms with Gasteiger partial charge < -0.3 is 9.15 Å². The van der Waals surface area contributed by atoms with Gasteiger partial charge in [-0.25, -0.2) is 0 Å². The third kappa shape index (κ3) is 3.64. The maximum atomic E-state index is 5.55. The number of halogens is 1. The number of ether oxygens (including phenoxy) is 1. The topological polar surface area (TPSA) is 48.2 Å². The summed E-state index contributed by atoms with van der Waals surface area (Å²) in [6.07, 6.45) is 2.50. The second kappa shape index (κ2) is 5.98. The van der Waals surface area contributed by atoms with Gasteiger partial charge in [-0.15, -0.1) is 21.8 Å². The van der Waals surface area contributed by atoms with Crippen LogP contribution >= 0.6 is 11.6 Å². The molecule has 0 bridgehead atoms. The molecule has 1 aromatic heterocycles. The Morgan fingerprint density at radius 1 is 1.36 bits per heavy atom. The zero-order chi connectivity index (χ0) is 10.4. The van der Waals surface area contributed by atoms with Crippen molar-refractivity contribution in [3.63, 3.8) is 0 Å². The summed E-state index contributed by atoms with van der Waals surface area (Å²) in [5, 5.41) is 7.78. The first-order valence-electron chi connectivity index (χ1n) is 4.66. The molecule has 1 unspecified atom stereocenters. The van der Waals surface area contributed by atoms with Crippen LogP contribution in [0.2, 0.25) is 0 Å². The maximum absolute atomic E-state index is 5.55. The molecule has 0 aliphatic carbocycles. The largest absolute Gasteiger partial charge is 0.425 e. The first kappa shape index (κ1) is 11.5. The molecule has 0 saturated carbocycles. The Balaban J connectivity index is 2.35. The highest BCUT2D eigenvalue weighted by Gasteiger charge is 2.07. The minimum absolute atomic E-state index is 0.221. The lowest BCUT2D eigenvalue weighted by Gasteiger charge is -2.05. The number of methoxy groups -OCH3 is 1. The van der Waals surface area contributed by atoms with Crippen LogP contribution in [0.25, 0.3) is 0 Å². The van der Waals surface area contributed by atoms with Gasteiger partial charge in [0.25, 0.3) is 0 Å². The normalized spacial score (nSPS) is 13.1. The Hall–Kier alpha value is -0.610. The van der Waals surface area contributed by atoms with Crippen molar-refractivity contribution in [2.45, 2.75) is 32.3 Å². The van der Waals surface area contributed by atoms with Crippen molar-refractivity contribution < 1.29 is 9.15 Å². The van der Waals surface area contributed by atoms with E-state index in [9.17, 15) is 0 Å². The number of rotatable bonds is 6. The molecule has 0 saturated heterocycles. The number of hydrogen-bond donors (Lipinski definition) is 0. The molecule has 0 radical (unpaired) electrons. The Kier molecular flexibility index (Phi) is 4.90. The number of alkyl halides is 1. The number of aryl methyl sites for hydroxylation is 2. The molecule has 0 aromatic carbocycles. The Labute approximate surface area is 88.6 Å². The van der Waals surface area contributed by atoms with Gasteiger partial charge in [0.05, 0.1) is 6.10 Å². The number of nitrogens with zero attached hydrogens (tertiary/aromatic N) is 2. The lowest BCUT2D eigenvalue weighted by molar-refractivity contribution is 0.109. The Morgan fingerprint density at radius 3 is 2.57 bits per heavy atom. The average molecular weight is 219 g/mol. The summed E-state index contributed by atoms with van der Waals surface area (Å²) >= 11 is 5.55. The molecule has 0 aliphatic heterocycles. The van der Waals surface area contributed by atoms with Gasteiger partial charge in [0.1, 0.15) is 0 Å². The van der Waals surface area contributed by atoms with Crippen LogP contribution in [0.1, 0.15) is 25.1 Å². The summed E-state index contributed by atoms with van der Waals surface area (Å²) in [6.45, 7) is 2.01. The lowest BCUT2D eigenvalue weighted by atomic mass is 10.2. The van der Waals surface area contributed by atoms with E-state index in [-0.39, 0.29) is 6.10 Å². The molecule has 0 fully saturated rings. The SMILES string of the molecule is COC(C)CCc1nnc(CCCl)o1. The molecule has 1 rings (SSSR count). The van der Waals surface area contributed by atoms with Gasteiger partial charge in [-0.1, -0.05) is 0 Å². The van der Waals surface area contributed by atoms with Gasteiger partial charge in [0.15, 0.2) is 0 Å². The summed E-state index contributed by atoms with van der Waals surface area (Å²) in [5.41, 5.74) is 0. The third-order valence-corrected chi connectivity index (χ3v) is 2.17. The van der Waals surface area contributed by atoms with Gasteiger partial charge in [-0.05, 0) is 13.3 Å². The molecular formula is C9H15ClN2O2. The van der Waals surface area contributed by atoms with E-state index in [1.54, 1.807) is 7.11 Å². The van der Waals surface area contributed by atoms with Crippen LogP contribution in [-0.2, 0) is 17.6 Å². The van der Waals surface area contributed by atoms with Crippen molar-refractivity contribution in [1.82, 2.24) is 10.2 Å². The molecular weight excluding hydrogens is 204 g/mol. The van der Waals surface area contributed by atoms with Gasteiger partial charge >= 0.3 is 0 Å². The van der Waals surface area contributed by atoms with Crippen molar-refractivity contribution in [2.24, 2.45) is 0 Å². The quantitative estimate of drug-likeness (QED) is 0.684. The van der Waals surface area contributed by atoms with Crippen molar-refractivity contribution in [1.29, 1.82) is 0 Å². The summed E-state index contributed by atoms with van der Waals surface area (Å²) in [5.74, 6) is 1.78. The molecule has 1 aromatic rings. The molecule has 5 heteroatoms. The highest BCUT2D eigenvalue weighted by Crippen LogP contribution is 2.06. The van der Waals surface area contributed by atoms with E-state index < -0.39 is 0 Å². The summed E-state index contributed by atoms with van der Waals surface area (Å²) in [7, 11) is 1.69. The van der Waals surface area contributed by atoms with Gasteiger partial charge in [-0.3, -0.25) is 0 Å². The first-order valence-corrected chi connectivity index (χ1v) is 5.19. The van der Waals surface area contributed by atoms with Crippen LogP contribution in [0, 0.1) is 0 Å². The fourth-order valence-corrected chi connectivity index (χ4v) is 1.18. The summed E-state index contributed by atoms with van der Waals surface area (Å²) < 4.78 is 10.5. The molecule has 14 heavy (non-hydrogen) atoms. The fraction of sp³-hybridized carbons (Fsp3) is 0.778. The predicted octanol–water partition coefficient (Wildman–Crippen LogP) is 1.82. The van der Waals surface area contributed by atoms with Gasteiger partial charge in [0.2, 0.25) is 11.8 Å². The van der Waals surface area contributed by atoms with Crippen molar-refractivity contribution in [3.05, 3.63) is 11.8 Å². The molecule has 0 N–H and O–H groups in total. The predicted molar refractivity (Wildman–Crippen MR) is 53.5 cm³/mol. The van der Waals surface area contributed by atoms with Crippen LogP contribution in [-0.4, -0.2) is 29.3 Å². The zero-order valence-electron chi connectivity index (χ0n) is 8.49. The van der Waals surface area contributed by atoms with Crippen LogP contribution in [0.3, 0.4) is 0 Å². The smallest absolute Gasteiger partial charge is 0.217 e. The minimum Gasteiger partial charge on any atom is -0.425 e. The Bertz CT molecular complexity index is 265. The number of hydrogen-bond acceptors (Lipinski definition) is 4. The highest BCUT2D eigenvalue weighted by atomic mass is 35.5. The van der Waals surface area contributed by atoms with Crippen LogP contribution < -0.4 is 0 Å². The van der Waals surface area contributed by atoms with Gasteiger partial charge in [0, 0.05) is 25.8 Å². The highest BCUT2D eigenvalue weighted by molar-refractivity contribution is 6.17. The first-order chi connectivity index (χ1) is 6.76. The van der Waals surface area contributed by atoms with E-state index in [0.29, 0.717) is 24.1 Å². The zero-order valence-corrected chi connectivity index (χ0v) is 9.25. The molecule has 0 spiro atoms. The number of aromatic nitrogens is 2. The molecule has 1 atom stereocenters. The van der Waals surface area contributed by atoms with Crippen LogP contribution in [0.5, 0.6) is 0 Å². The lowest BCUT2D eigenvalue weighted by Crippen LogP contribution is -2.05. The standard InChI is InChI=1S/C9H15ClN2O2/c1-7(13-2)3-4-8-11-12-9(14-8)5-6-10/h7H,3-6H2,1-2H3. The van der Waals surface area contributed by atoms with Crippen molar-refractivity contribution in [2.75, 3.05) is 13.0 Å². The molecule has 4 nitrogen and oxygen atoms in total. The van der Waals surface area contributed by atoms with Crippen LogP contribution in [0.15, 0.2) is 4.42 Å². The van der Waals surface area contributed by atoms with E-state index in [1.807, 2.05) is 6.92 Å². The van der Waals surface area contributed by atoms with E-state index in [2.05, 4.69) is 10.2 Å². The average Bonchev–Trinajstić information content (AvgIpc) is 2.63. The monoisotopic (exact) mass is 218 g/mol. The fourth-order valence-electron chi connectivity index (χ4n) is 1.02. The van der Waals surface area contributed by atoms with E-state index >= 15 is 0 Å². The van der Waals surface area contributed by atoms with E-state index in [4.69, 9.17) is 20.8 Å². The molecule has 80 valence electrons. The van der Waals surface area contributed by atoms with Gasteiger partial charge in [-0.2, -0.15) is 0 Å². The van der Waals surface area contributed by atoms with Crippen LogP contribution in [0.4, 0.5) is 0 Å². The van der Waals surface area contributed by atoms with E-state index in [0.717, 1.165) is 12.8 Å². The Morgan fingerprint density at radius 2 is 2.00 bits per heavy atom. The van der Waals surface area contributed by atoms with E-state index in [1.165, 1.54) is 0 Å². The van der Waals surface area contributed by atoms with Crippen molar-refractivity contribution in [3.8, 4) is 0 Å². The molecule has 0 aliphatic rings. The third-order valence-electron chi connectivity index (χ3n) is 1.98. The molecule has 0 amide bonds. The second-order valence-corrected chi connectivity index (χ2v) is 3.49.